The molecular formula is C28H32ClN3O4S. The van der Waals surface area contributed by atoms with Gasteiger partial charge in [-0.2, -0.15) is 0 Å². The maximum atomic E-state index is 13.9. The van der Waals surface area contributed by atoms with E-state index in [4.69, 9.17) is 11.6 Å². The summed E-state index contributed by atoms with van der Waals surface area (Å²) < 4.78 is 28.8. The van der Waals surface area contributed by atoms with Crippen molar-refractivity contribution in [2.24, 2.45) is 0 Å². The Hall–Kier alpha value is -3.36. The summed E-state index contributed by atoms with van der Waals surface area (Å²) in [6.07, 6.45) is 0. The summed E-state index contributed by atoms with van der Waals surface area (Å²) in [7, 11) is -2.65. The van der Waals surface area contributed by atoms with E-state index in [1.165, 1.54) is 30.1 Å². The van der Waals surface area contributed by atoms with Crippen LogP contribution >= 0.6 is 11.6 Å². The van der Waals surface area contributed by atoms with E-state index in [0.717, 1.165) is 21.0 Å². The van der Waals surface area contributed by atoms with Crippen molar-refractivity contribution < 1.29 is 18.0 Å². The second-order valence-electron chi connectivity index (χ2n) is 9.05. The molecule has 0 aliphatic rings. The SMILES string of the molecule is CNC(=O)[C@@H](C)N(Cc1ccc(C)cc1)C(=O)CN(c1cc(Cl)ccc1C)S(=O)(=O)c1ccc(C)cc1. The molecule has 0 aliphatic carbocycles. The zero-order valence-electron chi connectivity index (χ0n) is 21.7. The number of carbonyl (C=O) groups excluding carboxylic acids is 2. The molecule has 0 saturated heterocycles. The monoisotopic (exact) mass is 541 g/mol. The van der Waals surface area contributed by atoms with Gasteiger partial charge < -0.3 is 10.2 Å². The quantitative estimate of drug-likeness (QED) is 0.428. The highest BCUT2D eigenvalue weighted by atomic mass is 35.5. The Morgan fingerprint density at radius 1 is 0.919 bits per heavy atom. The van der Waals surface area contributed by atoms with Crippen LogP contribution in [-0.4, -0.2) is 44.8 Å². The summed E-state index contributed by atoms with van der Waals surface area (Å²) in [6, 6.07) is 18.1. The molecule has 9 heteroatoms. The second kappa shape index (κ2) is 11.8. The van der Waals surface area contributed by atoms with Crippen molar-refractivity contribution in [3.63, 3.8) is 0 Å². The molecule has 0 radical (unpaired) electrons. The molecule has 0 bridgehead atoms. The summed E-state index contributed by atoms with van der Waals surface area (Å²) in [5.41, 5.74) is 3.72. The standard InChI is InChI=1S/C28H32ClN3O4S/c1-19-6-11-23(12-7-19)17-31(22(4)28(34)30-5)27(33)18-32(26-16-24(29)13-10-21(26)3)37(35,36)25-14-8-20(2)9-15-25/h6-16,22H,17-18H2,1-5H3,(H,30,34)/t22-/m1/s1. The average molecular weight is 542 g/mol. The van der Waals surface area contributed by atoms with Gasteiger partial charge in [0.25, 0.3) is 10.0 Å². The number of aryl methyl sites for hydroxylation is 3. The minimum absolute atomic E-state index is 0.0507. The van der Waals surface area contributed by atoms with Gasteiger partial charge in [0.1, 0.15) is 12.6 Å². The van der Waals surface area contributed by atoms with Crippen molar-refractivity contribution in [2.75, 3.05) is 17.9 Å². The number of benzene rings is 3. The van der Waals surface area contributed by atoms with Gasteiger partial charge in [0.2, 0.25) is 11.8 Å². The first kappa shape index (κ1) is 28.2. The van der Waals surface area contributed by atoms with E-state index >= 15 is 0 Å². The summed E-state index contributed by atoms with van der Waals surface area (Å²) in [6.45, 7) is 6.83. The van der Waals surface area contributed by atoms with Crippen LogP contribution in [0.4, 0.5) is 5.69 Å². The lowest BCUT2D eigenvalue weighted by atomic mass is 10.1. The fourth-order valence-electron chi connectivity index (χ4n) is 3.88. The number of carbonyl (C=O) groups is 2. The lowest BCUT2D eigenvalue weighted by Gasteiger charge is -2.32. The molecule has 3 aromatic rings. The van der Waals surface area contributed by atoms with Crippen LogP contribution in [-0.2, 0) is 26.2 Å². The van der Waals surface area contributed by atoms with Gasteiger partial charge in [0, 0.05) is 18.6 Å². The van der Waals surface area contributed by atoms with E-state index in [0.29, 0.717) is 16.3 Å². The molecule has 3 aromatic carbocycles. The van der Waals surface area contributed by atoms with Crippen LogP contribution in [0.3, 0.4) is 0 Å². The number of likely N-dealkylation sites (N-methyl/N-ethyl adjacent to an activating group) is 1. The van der Waals surface area contributed by atoms with Gasteiger partial charge in [-0.25, -0.2) is 8.42 Å². The van der Waals surface area contributed by atoms with Crippen LogP contribution in [0, 0.1) is 20.8 Å². The van der Waals surface area contributed by atoms with E-state index in [9.17, 15) is 18.0 Å². The zero-order valence-corrected chi connectivity index (χ0v) is 23.2. The molecule has 0 spiro atoms. The fourth-order valence-corrected chi connectivity index (χ4v) is 5.52. The van der Waals surface area contributed by atoms with Gasteiger partial charge in [0.15, 0.2) is 0 Å². The minimum Gasteiger partial charge on any atom is -0.357 e. The second-order valence-corrected chi connectivity index (χ2v) is 11.4. The van der Waals surface area contributed by atoms with E-state index < -0.39 is 28.5 Å². The summed E-state index contributed by atoms with van der Waals surface area (Å²) in [4.78, 5) is 27.8. The van der Waals surface area contributed by atoms with Crippen molar-refractivity contribution in [3.05, 3.63) is 94.0 Å². The number of nitrogens with one attached hydrogen (secondary N) is 1. The maximum absolute atomic E-state index is 13.9. The van der Waals surface area contributed by atoms with Gasteiger partial charge in [-0.3, -0.25) is 13.9 Å². The lowest BCUT2D eigenvalue weighted by molar-refractivity contribution is -0.139. The van der Waals surface area contributed by atoms with Crippen LogP contribution in [0.15, 0.2) is 71.6 Å². The van der Waals surface area contributed by atoms with Crippen LogP contribution in [0.1, 0.15) is 29.2 Å². The average Bonchev–Trinajstić information content (AvgIpc) is 2.87. The molecule has 3 rings (SSSR count). The van der Waals surface area contributed by atoms with Crippen molar-refractivity contribution in [1.29, 1.82) is 0 Å². The highest BCUT2D eigenvalue weighted by Crippen LogP contribution is 2.30. The molecule has 37 heavy (non-hydrogen) atoms. The van der Waals surface area contributed by atoms with Crippen molar-refractivity contribution in [3.8, 4) is 0 Å². The van der Waals surface area contributed by atoms with E-state index in [1.807, 2.05) is 38.1 Å². The van der Waals surface area contributed by atoms with Gasteiger partial charge in [-0.15, -0.1) is 0 Å². The Morgan fingerprint density at radius 2 is 1.49 bits per heavy atom. The third-order valence-corrected chi connectivity index (χ3v) is 8.22. The molecule has 1 atom stereocenters. The first-order chi connectivity index (χ1) is 17.4. The summed E-state index contributed by atoms with van der Waals surface area (Å²) in [5.74, 6) is -0.876. The predicted molar refractivity (Wildman–Crippen MR) is 147 cm³/mol. The number of amides is 2. The Labute approximate surface area is 224 Å². The minimum atomic E-state index is -4.14. The Kier molecular flexibility index (Phi) is 8.99. The summed E-state index contributed by atoms with van der Waals surface area (Å²) >= 11 is 6.24. The number of hydrogen-bond donors (Lipinski definition) is 1. The van der Waals surface area contributed by atoms with E-state index in [-0.39, 0.29) is 17.3 Å². The normalized spacial score (nSPS) is 12.1. The molecule has 1 N–H and O–H groups in total. The molecule has 0 aromatic heterocycles. The molecule has 0 heterocycles. The molecule has 0 unspecified atom stereocenters. The van der Waals surface area contributed by atoms with Crippen LogP contribution in [0.5, 0.6) is 0 Å². The van der Waals surface area contributed by atoms with Crippen molar-refractivity contribution in [1.82, 2.24) is 10.2 Å². The van der Waals surface area contributed by atoms with Gasteiger partial charge in [-0.1, -0.05) is 65.2 Å². The van der Waals surface area contributed by atoms with Crippen molar-refractivity contribution in [2.45, 2.75) is 45.2 Å². The number of anilines is 1. The molecule has 7 nitrogen and oxygen atoms in total. The van der Waals surface area contributed by atoms with E-state index in [2.05, 4.69) is 5.32 Å². The third kappa shape index (κ3) is 6.70. The molecule has 0 fully saturated rings. The highest BCUT2D eigenvalue weighted by Gasteiger charge is 2.33. The molecule has 0 saturated carbocycles. The number of rotatable bonds is 9. The zero-order chi connectivity index (χ0) is 27.3. The Bertz CT molecular complexity index is 1370. The Morgan fingerprint density at radius 3 is 2.05 bits per heavy atom. The smallest absolute Gasteiger partial charge is 0.264 e. The first-order valence-electron chi connectivity index (χ1n) is 11.9. The maximum Gasteiger partial charge on any atom is 0.264 e. The van der Waals surface area contributed by atoms with Gasteiger partial charge in [-0.05, 0) is 63.1 Å². The highest BCUT2D eigenvalue weighted by molar-refractivity contribution is 7.92. The third-order valence-electron chi connectivity index (χ3n) is 6.21. The van der Waals surface area contributed by atoms with Crippen LogP contribution in [0.2, 0.25) is 5.02 Å². The van der Waals surface area contributed by atoms with Gasteiger partial charge in [0.05, 0.1) is 10.6 Å². The molecule has 2 amide bonds. The fraction of sp³-hybridized carbons (Fsp3) is 0.286. The topological polar surface area (TPSA) is 86.8 Å². The van der Waals surface area contributed by atoms with Gasteiger partial charge >= 0.3 is 0 Å². The largest absolute Gasteiger partial charge is 0.357 e. The number of nitrogens with zero attached hydrogens (tertiary/aromatic N) is 2. The summed E-state index contributed by atoms with van der Waals surface area (Å²) in [5, 5.41) is 2.92. The van der Waals surface area contributed by atoms with Crippen molar-refractivity contribution >= 4 is 39.1 Å². The first-order valence-corrected chi connectivity index (χ1v) is 13.7. The van der Waals surface area contributed by atoms with Crippen LogP contribution < -0.4 is 9.62 Å². The number of sulfonamides is 1. The Balaban J connectivity index is 2.07. The molecular weight excluding hydrogens is 510 g/mol. The number of hydrogen-bond acceptors (Lipinski definition) is 4. The number of halogens is 1. The predicted octanol–water partition coefficient (Wildman–Crippen LogP) is 4.62. The van der Waals surface area contributed by atoms with E-state index in [1.54, 1.807) is 38.1 Å². The lowest BCUT2D eigenvalue weighted by Crippen LogP contribution is -2.50. The molecule has 196 valence electrons. The molecule has 0 aliphatic heterocycles. The van der Waals surface area contributed by atoms with Crippen LogP contribution in [0.25, 0.3) is 0 Å².